The van der Waals surface area contributed by atoms with Gasteiger partial charge in [-0.05, 0) is 43.9 Å². The van der Waals surface area contributed by atoms with E-state index in [9.17, 15) is 0 Å². The van der Waals surface area contributed by atoms with Crippen molar-refractivity contribution in [2.75, 3.05) is 40.0 Å². The van der Waals surface area contributed by atoms with Gasteiger partial charge in [0.2, 0.25) is 0 Å². The van der Waals surface area contributed by atoms with Gasteiger partial charge < -0.3 is 15.2 Å². The van der Waals surface area contributed by atoms with E-state index >= 15 is 0 Å². The number of nitrogens with zero attached hydrogens (tertiary/aromatic N) is 1. The number of aryl methyl sites for hydroxylation is 1. The summed E-state index contributed by atoms with van der Waals surface area (Å²) in [6, 6.07) is 8.33. The highest BCUT2D eigenvalue weighted by Crippen LogP contribution is 2.23. The monoisotopic (exact) mass is 292 g/mol. The van der Waals surface area contributed by atoms with Crippen molar-refractivity contribution >= 4 is 0 Å². The molecule has 21 heavy (non-hydrogen) atoms. The Morgan fingerprint density at radius 3 is 2.67 bits per heavy atom. The number of nitrogens with two attached hydrogens (primary N) is 1. The molecule has 0 radical (unpaired) electrons. The minimum atomic E-state index is 0.0492. The zero-order valence-electron chi connectivity index (χ0n) is 13.3. The van der Waals surface area contributed by atoms with Gasteiger partial charge in [0, 0.05) is 31.8 Å². The molecule has 2 N–H and O–H groups in total. The highest BCUT2D eigenvalue weighted by molar-refractivity contribution is 5.27. The lowest BCUT2D eigenvalue weighted by Gasteiger charge is -2.40. The molecule has 1 fully saturated rings. The molecule has 1 aliphatic rings. The molecule has 1 aromatic rings. The van der Waals surface area contributed by atoms with Crippen LogP contribution in [0.4, 0.5) is 0 Å². The second-order valence-corrected chi connectivity index (χ2v) is 6.00. The fourth-order valence-electron chi connectivity index (χ4n) is 2.88. The highest BCUT2D eigenvalue weighted by atomic mass is 16.5. The van der Waals surface area contributed by atoms with Gasteiger partial charge in [-0.15, -0.1) is 0 Å². The SMILES string of the molecule is COc1ccc(CCC(C)(CN)N2CCCOCC2)cc1. The molecule has 1 saturated heterocycles. The molecule has 1 atom stereocenters. The first-order chi connectivity index (χ1) is 10.2. The fraction of sp³-hybridized carbons (Fsp3) is 0.647. The molecule has 0 bridgehead atoms. The minimum absolute atomic E-state index is 0.0492. The van der Waals surface area contributed by atoms with Crippen LogP contribution in [0.3, 0.4) is 0 Å². The molecule has 1 aliphatic heterocycles. The summed E-state index contributed by atoms with van der Waals surface area (Å²) < 4.78 is 10.8. The van der Waals surface area contributed by atoms with Crippen molar-refractivity contribution < 1.29 is 9.47 Å². The molecule has 1 unspecified atom stereocenters. The Hall–Kier alpha value is -1.10. The van der Waals surface area contributed by atoms with E-state index in [2.05, 4.69) is 24.0 Å². The quantitative estimate of drug-likeness (QED) is 0.872. The van der Waals surface area contributed by atoms with E-state index in [4.69, 9.17) is 15.2 Å². The van der Waals surface area contributed by atoms with E-state index in [1.54, 1.807) is 7.11 Å². The van der Waals surface area contributed by atoms with Gasteiger partial charge >= 0.3 is 0 Å². The molecule has 0 amide bonds. The average molecular weight is 292 g/mol. The number of hydrogen-bond acceptors (Lipinski definition) is 4. The molecule has 4 heteroatoms. The molecular weight excluding hydrogens is 264 g/mol. The first-order valence-electron chi connectivity index (χ1n) is 7.84. The summed E-state index contributed by atoms with van der Waals surface area (Å²) in [5.74, 6) is 0.907. The number of ether oxygens (including phenoxy) is 2. The van der Waals surface area contributed by atoms with Crippen LogP contribution < -0.4 is 10.5 Å². The molecule has 1 heterocycles. The topological polar surface area (TPSA) is 47.7 Å². The molecule has 2 rings (SSSR count). The van der Waals surface area contributed by atoms with Crippen LogP contribution in [-0.4, -0.2) is 50.4 Å². The Labute approximate surface area is 128 Å². The number of hydrogen-bond donors (Lipinski definition) is 1. The fourth-order valence-corrected chi connectivity index (χ4v) is 2.88. The summed E-state index contributed by atoms with van der Waals surface area (Å²) in [6.45, 7) is 6.71. The Kier molecular flexibility index (Phi) is 6.03. The van der Waals surface area contributed by atoms with Crippen LogP contribution in [0, 0.1) is 0 Å². The molecule has 0 aliphatic carbocycles. The van der Waals surface area contributed by atoms with E-state index < -0.39 is 0 Å². The van der Waals surface area contributed by atoms with Crippen molar-refractivity contribution in [2.24, 2.45) is 5.73 Å². The minimum Gasteiger partial charge on any atom is -0.497 e. The maximum atomic E-state index is 6.10. The van der Waals surface area contributed by atoms with Crippen LogP contribution in [0.5, 0.6) is 5.75 Å². The lowest BCUT2D eigenvalue weighted by atomic mass is 9.91. The van der Waals surface area contributed by atoms with Crippen molar-refractivity contribution in [1.29, 1.82) is 0 Å². The second-order valence-electron chi connectivity index (χ2n) is 6.00. The number of benzene rings is 1. The molecule has 0 saturated carbocycles. The summed E-state index contributed by atoms with van der Waals surface area (Å²) in [7, 11) is 1.70. The lowest BCUT2D eigenvalue weighted by molar-refractivity contribution is 0.0881. The first-order valence-corrected chi connectivity index (χ1v) is 7.84. The highest BCUT2D eigenvalue weighted by Gasteiger charge is 2.30. The van der Waals surface area contributed by atoms with Crippen LogP contribution in [0.25, 0.3) is 0 Å². The van der Waals surface area contributed by atoms with Crippen LogP contribution in [-0.2, 0) is 11.2 Å². The van der Waals surface area contributed by atoms with Crippen molar-refractivity contribution in [3.63, 3.8) is 0 Å². The van der Waals surface area contributed by atoms with E-state index in [0.717, 1.165) is 51.3 Å². The predicted molar refractivity (Wildman–Crippen MR) is 85.8 cm³/mol. The summed E-state index contributed by atoms with van der Waals surface area (Å²) >= 11 is 0. The van der Waals surface area contributed by atoms with Gasteiger partial charge in [-0.3, -0.25) is 4.90 Å². The zero-order chi connectivity index (χ0) is 15.1. The molecule has 0 aromatic heterocycles. The van der Waals surface area contributed by atoms with Gasteiger partial charge in [0.1, 0.15) is 5.75 Å². The maximum Gasteiger partial charge on any atom is 0.118 e. The summed E-state index contributed by atoms with van der Waals surface area (Å²) in [6.07, 6.45) is 3.20. The molecular formula is C17H28N2O2. The van der Waals surface area contributed by atoms with Crippen molar-refractivity contribution in [3.8, 4) is 5.75 Å². The van der Waals surface area contributed by atoms with Gasteiger partial charge in [-0.2, -0.15) is 0 Å². The molecule has 1 aromatic carbocycles. The van der Waals surface area contributed by atoms with Crippen LogP contribution in [0.1, 0.15) is 25.3 Å². The van der Waals surface area contributed by atoms with E-state index in [1.165, 1.54) is 5.56 Å². The van der Waals surface area contributed by atoms with Gasteiger partial charge in [-0.1, -0.05) is 12.1 Å². The van der Waals surface area contributed by atoms with Crippen molar-refractivity contribution in [2.45, 2.75) is 31.7 Å². The normalized spacial score (nSPS) is 19.8. The zero-order valence-corrected chi connectivity index (χ0v) is 13.3. The third-order valence-corrected chi connectivity index (χ3v) is 4.54. The molecule has 4 nitrogen and oxygen atoms in total. The van der Waals surface area contributed by atoms with E-state index in [1.807, 2.05) is 12.1 Å². The largest absolute Gasteiger partial charge is 0.497 e. The van der Waals surface area contributed by atoms with Crippen molar-refractivity contribution in [1.82, 2.24) is 4.90 Å². The van der Waals surface area contributed by atoms with Gasteiger partial charge in [-0.25, -0.2) is 0 Å². The number of methoxy groups -OCH3 is 1. The van der Waals surface area contributed by atoms with Crippen LogP contribution in [0.2, 0.25) is 0 Å². The third kappa shape index (κ3) is 4.43. The number of rotatable bonds is 6. The Balaban J connectivity index is 1.96. The van der Waals surface area contributed by atoms with Crippen molar-refractivity contribution in [3.05, 3.63) is 29.8 Å². The summed E-state index contributed by atoms with van der Waals surface area (Å²) in [4.78, 5) is 2.50. The lowest BCUT2D eigenvalue weighted by Crippen LogP contribution is -2.52. The second kappa shape index (κ2) is 7.78. The van der Waals surface area contributed by atoms with Crippen LogP contribution in [0.15, 0.2) is 24.3 Å². The van der Waals surface area contributed by atoms with Gasteiger partial charge in [0.15, 0.2) is 0 Å². The Bertz CT molecular complexity index is 413. The molecule has 0 spiro atoms. The average Bonchev–Trinajstić information content (AvgIpc) is 2.83. The smallest absolute Gasteiger partial charge is 0.118 e. The van der Waals surface area contributed by atoms with E-state index in [0.29, 0.717) is 6.54 Å². The maximum absolute atomic E-state index is 6.10. The predicted octanol–water partition coefficient (Wildman–Crippen LogP) is 2.07. The Morgan fingerprint density at radius 1 is 1.24 bits per heavy atom. The summed E-state index contributed by atoms with van der Waals surface area (Å²) in [5.41, 5.74) is 7.48. The first kappa shape index (κ1) is 16.3. The van der Waals surface area contributed by atoms with Gasteiger partial charge in [0.05, 0.1) is 13.7 Å². The summed E-state index contributed by atoms with van der Waals surface area (Å²) in [5, 5.41) is 0. The molecule has 118 valence electrons. The standard InChI is InChI=1S/C17H28N2O2/c1-17(14-18,19-10-3-12-21-13-11-19)9-8-15-4-6-16(20-2)7-5-15/h4-7H,3,8-14,18H2,1-2H3. The van der Waals surface area contributed by atoms with Gasteiger partial charge in [0.25, 0.3) is 0 Å². The van der Waals surface area contributed by atoms with Crippen LogP contribution >= 0.6 is 0 Å². The third-order valence-electron chi connectivity index (χ3n) is 4.54. The van der Waals surface area contributed by atoms with E-state index in [-0.39, 0.29) is 5.54 Å². The Morgan fingerprint density at radius 2 is 2.00 bits per heavy atom.